The summed E-state index contributed by atoms with van der Waals surface area (Å²) in [5.74, 6) is 4.43. The van der Waals surface area contributed by atoms with Crippen LogP contribution in [0.2, 0.25) is 0 Å². The van der Waals surface area contributed by atoms with E-state index in [4.69, 9.17) is 9.47 Å². The molecule has 1 spiro atoms. The zero-order chi connectivity index (χ0) is 16.1. The fourth-order valence-electron chi connectivity index (χ4n) is 7.92. The molecule has 1 aliphatic heterocycles. The van der Waals surface area contributed by atoms with Crippen molar-refractivity contribution in [3.8, 4) is 0 Å². The van der Waals surface area contributed by atoms with E-state index in [0.29, 0.717) is 5.92 Å². The van der Waals surface area contributed by atoms with Crippen molar-refractivity contribution in [3.05, 3.63) is 11.6 Å². The number of allylic oxidation sites excluding steroid dienone is 1. The summed E-state index contributed by atoms with van der Waals surface area (Å²) in [6.45, 7) is 3.94. The molecule has 5 aliphatic carbocycles. The molecule has 24 heavy (non-hydrogen) atoms. The number of ether oxygens (including phenoxy) is 2. The summed E-state index contributed by atoms with van der Waals surface area (Å²) >= 11 is 0. The summed E-state index contributed by atoms with van der Waals surface area (Å²) in [5.41, 5.74) is 1.85. The quantitative estimate of drug-likeness (QED) is 0.691. The highest BCUT2D eigenvalue weighted by molar-refractivity contribution is 5.24. The number of hydrogen-bond acceptors (Lipinski definition) is 3. The number of aliphatic hydroxyl groups is 1. The Hall–Kier alpha value is -0.380. The molecule has 5 fully saturated rings. The number of aliphatic hydroxyl groups excluding tert-OH is 1. The smallest absolute Gasteiger partial charge is 0.172 e. The van der Waals surface area contributed by atoms with Crippen LogP contribution < -0.4 is 0 Å². The number of rotatable bonds is 0. The van der Waals surface area contributed by atoms with E-state index in [1.165, 1.54) is 32.1 Å². The van der Waals surface area contributed by atoms with Crippen molar-refractivity contribution < 1.29 is 14.6 Å². The molecule has 1 heterocycles. The van der Waals surface area contributed by atoms with E-state index < -0.39 is 0 Å². The van der Waals surface area contributed by atoms with Gasteiger partial charge >= 0.3 is 0 Å². The fraction of sp³-hybridized carbons (Fsp3) is 0.905. The van der Waals surface area contributed by atoms with Gasteiger partial charge in [0, 0.05) is 12.8 Å². The largest absolute Gasteiger partial charge is 0.392 e. The molecule has 6 rings (SSSR count). The van der Waals surface area contributed by atoms with Crippen molar-refractivity contribution in [2.45, 2.75) is 63.8 Å². The van der Waals surface area contributed by atoms with Gasteiger partial charge in [-0.05, 0) is 73.0 Å². The van der Waals surface area contributed by atoms with E-state index in [-0.39, 0.29) is 17.3 Å². The Bertz CT molecular complexity index is 592. The molecule has 3 nitrogen and oxygen atoms in total. The van der Waals surface area contributed by atoms with Crippen LogP contribution in [0.4, 0.5) is 0 Å². The van der Waals surface area contributed by atoms with Crippen LogP contribution in [0.15, 0.2) is 11.6 Å². The molecule has 1 N–H and O–H groups in total. The summed E-state index contributed by atoms with van der Waals surface area (Å²) in [4.78, 5) is 0. The minimum Gasteiger partial charge on any atom is -0.392 e. The first-order valence-corrected chi connectivity index (χ1v) is 10.3. The van der Waals surface area contributed by atoms with Gasteiger partial charge in [-0.2, -0.15) is 0 Å². The predicted octanol–water partition coefficient (Wildman–Crippen LogP) is 3.52. The molecule has 6 aliphatic rings. The summed E-state index contributed by atoms with van der Waals surface area (Å²) < 4.78 is 12.0. The van der Waals surface area contributed by atoms with Crippen molar-refractivity contribution in [1.82, 2.24) is 0 Å². The summed E-state index contributed by atoms with van der Waals surface area (Å²) in [5, 5.41) is 10.8. The van der Waals surface area contributed by atoms with Gasteiger partial charge in [0.2, 0.25) is 0 Å². The molecule has 3 heteroatoms. The van der Waals surface area contributed by atoms with E-state index in [1.807, 2.05) is 0 Å². The SMILES string of the molecule is CC12CCC3C4CCC5(CC4=CCC3C1[C@H]1C[C@H]1[C@H]2O)OCCO5. The molecule has 0 aromatic rings. The van der Waals surface area contributed by atoms with Crippen molar-refractivity contribution in [2.75, 3.05) is 13.2 Å². The van der Waals surface area contributed by atoms with Crippen LogP contribution in [0.3, 0.4) is 0 Å². The Balaban J connectivity index is 1.31. The van der Waals surface area contributed by atoms with E-state index in [0.717, 1.165) is 55.6 Å². The summed E-state index contributed by atoms with van der Waals surface area (Å²) in [7, 11) is 0. The lowest BCUT2D eigenvalue weighted by Gasteiger charge is -2.55. The van der Waals surface area contributed by atoms with Crippen molar-refractivity contribution in [1.29, 1.82) is 0 Å². The highest BCUT2D eigenvalue weighted by Crippen LogP contribution is 2.71. The molecule has 0 bridgehead atoms. The van der Waals surface area contributed by atoms with Crippen LogP contribution in [0.5, 0.6) is 0 Å². The predicted molar refractivity (Wildman–Crippen MR) is 90.1 cm³/mol. The molecule has 0 radical (unpaired) electrons. The van der Waals surface area contributed by atoms with Crippen LogP contribution >= 0.6 is 0 Å². The minimum absolute atomic E-state index is 0.0197. The van der Waals surface area contributed by atoms with Gasteiger partial charge in [-0.15, -0.1) is 0 Å². The monoisotopic (exact) mass is 330 g/mol. The zero-order valence-electron chi connectivity index (χ0n) is 14.7. The highest BCUT2D eigenvalue weighted by atomic mass is 16.7. The van der Waals surface area contributed by atoms with Gasteiger partial charge in [-0.1, -0.05) is 18.6 Å². The highest BCUT2D eigenvalue weighted by Gasteiger charge is 2.69. The first-order valence-electron chi connectivity index (χ1n) is 10.3. The van der Waals surface area contributed by atoms with E-state index in [9.17, 15) is 5.11 Å². The van der Waals surface area contributed by atoms with Crippen LogP contribution in [0.1, 0.15) is 51.9 Å². The van der Waals surface area contributed by atoms with Gasteiger partial charge < -0.3 is 14.6 Å². The molecule has 4 saturated carbocycles. The van der Waals surface area contributed by atoms with Gasteiger partial charge in [-0.25, -0.2) is 0 Å². The number of hydrogen-bond donors (Lipinski definition) is 1. The Morgan fingerprint density at radius 3 is 2.71 bits per heavy atom. The van der Waals surface area contributed by atoms with Gasteiger partial charge in [0.1, 0.15) is 0 Å². The average Bonchev–Trinajstić information content (AvgIpc) is 3.18. The van der Waals surface area contributed by atoms with E-state index in [1.54, 1.807) is 5.57 Å². The Morgan fingerprint density at radius 1 is 1.04 bits per heavy atom. The second-order valence-corrected chi connectivity index (χ2v) is 9.85. The Kier molecular flexibility index (Phi) is 2.87. The van der Waals surface area contributed by atoms with Crippen molar-refractivity contribution in [2.24, 2.45) is 40.9 Å². The van der Waals surface area contributed by atoms with Crippen molar-refractivity contribution in [3.63, 3.8) is 0 Å². The molecular formula is C21H30O3. The molecule has 8 atom stereocenters. The third kappa shape index (κ3) is 1.74. The molecule has 5 unspecified atom stereocenters. The second kappa shape index (κ2) is 4.66. The third-order valence-electron chi connectivity index (χ3n) is 8.99. The normalized spacial score (nSPS) is 56.9. The Labute approximate surface area is 144 Å². The minimum atomic E-state index is -0.274. The zero-order valence-corrected chi connectivity index (χ0v) is 14.7. The molecule has 132 valence electrons. The van der Waals surface area contributed by atoms with Crippen LogP contribution in [0.25, 0.3) is 0 Å². The lowest BCUT2D eigenvalue weighted by atomic mass is 9.51. The maximum Gasteiger partial charge on any atom is 0.172 e. The Morgan fingerprint density at radius 2 is 1.88 bits per heavy atom. The van der Waals surface area contributed by atoms with Gasteiger partial charge in [0.05, 0.1) is 19.3 Å². The van der Waals surface area contributed by atoms with Gasteiger partial charge in [-0.3, -0.25) is 0 Å². The lowest BCUT2D eigenvalue weighted by molar-refractivity contribution is -0.177. The van der Waals surface area contributed by atoms with Crippen molar-refractivity contribution >= 4 is 0 Å². The van der Waals surface area contributed by atoms with Gasteiger partial charge in [0.15, 0.2) is 5.79 Å². The summed E-state index contributed by atoms with van der Waals surface area (Å²) in [6, 6.07) is 0. The maximum atomic E-state index is 10.8. The standard InChI is InChI=1S/C21H30O3/c1-20-6-4-14-13-5-7-21(23-8-9-24-21)11-12(13)2-3-15(14)18(20)16-10-17(16)19(20)22/h2,13-19,22H,3-11H2,1H3/t13?,14?,15?,16-,17+,18?,19+,20?/m0/s1. The number of fused-ring (bicyclic) bond motifs is 7. The maximum absolute atomic E-state index is 10.8. The molecule has 0 amide bonds. The second-order valence-electron chi connectivity index (χ2n) is 9.85. The van der Waals surface area contributed by atoms with Crippen LogP contribution in [0, 0.1) is 40.9 Å². The van der Waals surface area contributed by atoms with Crippen LogP contribution in [-0.2, 0) is 9.47 Å². The lowest BCUT2D eigenvalue weighted by Crippen LogP contribution is -2.50. The third-order valence-corrected chi connectivity index (χ3v) is 8.99. The van der Waals surface area contributed by atoms with Gasteiger partial charge in [0.25, 0.3) is 0 Å². The summed E-state index contributed by atoms with van der Waals surface area (Å²) in [6.07, 6.45) is 11.0. The molecule has 0 aromatic heterocycles. The van der Waals surface area contributed by atoms with E-state index in [2.05, 4.69) is 13.0 Å². The van der Waals surface area contributed by atoms with Crippen LogP contribution in [-0.4, -0.2) is 30.2 Å². The first kappa shape index (κ1) is 14.8. The first-order chi connectivity index (χ1) is 11.6. The molecule has 0 aromatic carbocycles. The average molecular weight is 330 g/mol. The molecular weight excluding hydrogens is 300 g/mol. The fourth-order valence-corrected chi connectivity index (χ4v) is 7.92. The van der Waals surface area contributed by atoms with E-state index >= 15 is 0 Å². The topological polar surface area (TPSA) is 38.7 Å². The molecule has 1 saturated heterocycles.